The van der Waals surface area contributed by atoms with Crippen LogP contribution in [-0.4, -0.2) is 28.7 Å². The van der Waals surface area contributed by atoms with Crippen molar-refractivity contribution in [3.63, 3.8) is 0 Å². The van der Waals surface area contributed by atoms with E-state index in [9.17, 15) is 4.79 Å². The molecule has 1 aliphatic rings. The van der Waals surface area contributed by atoms with Crippen LogP contribution in [0.2, 0.25) is 5.02 Å². The van der Waals surface area contributed by atoms with Crippen LogP contribution in [0.5, 0.6) is 0 Å². The van der Waals surface area contributed by atoms with Crippen molar-refractivity contribution in [2.24, 2.45) is 0 Å². The molecule has 2 unspecified atom stereocenters. The van der Waals surface area contributed by atoms with Gasteiger partial charge < -0.3 is 4.90 Å². The van der Waals surface area contributed by atoms with Gasteiger partial charge in [0.05, 0.1) is 6.42 Å². The molecule has 1 amide bonds. The fourth-order valence-electron chi connectivity index (χ4n) is 2.63. The van der Waals surface area contributed by atoms with Crippen LogP contribution in [-0.2, 0) is 11.2 Å². The molecule has 0 radical (unpaired) electrons. The molecule has 2 rings (SSSR count). The van der Waals surface area contributed by atoms with E-state index < -0.39 is 0 Å². The minimum atomic E-state index is 0.165. The maximum Gasteiger partial charge on any atom is 0.227 e. The Kier molecular flexibility index (Phi) is 5.28. The zero-order valence-electron chi connectivity index (χ0n) is 11.1. The monoisotopic (exact) mass is 343 g/mol. The van der Waals surface area contributed by atoms with Gasteiger partial charge in [-0.15, -0.1) is 0 Å². The molecule has 2 nitrogen and oxygen atoms in total. The van der Waals surface area contributed by atoms with E-state index >= 15 is 0 Å². The van der Waals surface area contributed by atoms with Crippen molar-refractivity contribution in [2.45, 2.75) is 43.0 Å². The Labute approximate surface area is 128 Å². The highest BCUT2D eigenvalue weighted by molar-refractivity contribution is 9.09. The van der Waals surface area contributed by atoms with E-state index in [-0.39, 0.29) is 5.91 Å². The Bertz CT molecular complexity index is 452. The highest BCUT2D eigenvalue weighted by atomic mass is 79.9. The lowest BCUT2D eigenvalue weighted by Gasteiger charge is -2.35. The molecule has 2 atom stereocenters. The summed E-state index contributed by atoms with van der Waals surface area (Å²) in [6.45, 7) is 0. The molecule has 0 heterocycles. The summed E-state index contributed by atoms with van der Waals surface area (Å²) >= 11 is 9.65. The van der Waals surface area contributed by atoms with Crippen LogP contribution in [0.4, 0.5) is 0 Å². The smallest absolute Gasteiger partial charge is 0.227 e. The van der Waals surface area contributed by atoms with Crippen molar-refractivity contribution in [3.05, 3.63) is 34.9 Å². The first-order valence-corrected chi connectivity index (χ1v) is 8.01. The van der Waals surface area contributed by atoms with Crippen LogP contribution < -0.4 is 0 Å². The van der Waals surface area contributed by atoms with Crippen LogP contribution in [0.25, 0.3) is 0 Å². The molecular weight excluding hydrogens is 326 g/mol. The summed E-state index contributed by atoms with van der Waals surface area (Å²) in [5.74, 6) is 0.165. The Balaban J connectivity index is 1.99. The number of nitrogens with zero attached hydrogens (tertiary/aromatic N) is 1. The topological polar surface area (TPSA) is 20.3 Å². The molecule has 0 aromatic heterocycles. The van der Waals surface area contributed by atoms with Crippen LogP contribution >= 0.6 is 27.5 Å². The molecule has 19 heavy (non-hydrogen) atoms. The number of rotatable bonds is 3. The van der Waals surface area contributed by atoms with Crippen molar-refractivity contribution in [1.82, 2.24) is 4.90 Å². The second-order valence-corrected chi connectivity index (χ2v) is 6.79. The lowest BCUT2D eigenvalue weighted by molar-refractivity contribution is -0.131. The fourth-order valence-corrected chi connectivity index (χ4v) is 3.79. The SMILES string of the molecule is CN(C(=O)Cc1cccc(Cl)c1)C1CCCCC1Br. The van der Waals surface area contributed by atoms with E-state index in [1.165, 1.54) is 12.8 Å². The van der Waals surface area contributed by atoms with Gasteiger partial charge in [0.1, 0.15) is 0 Å². The summed E-state index contributed by atoms with van der Waals surface area (Å²) in [4.78, 5) is 14.7. The highest BCUT2D eigenvalue weighted by Crippen LogP contribution is 2.28. The number of carbonyl (C=O) groups excluding carboxylic acids is 1. The maximum absolute atomic E-state index is 12.3. The number of amides is 1. The number of hydrogen-bond acceptors (Lipinski definition) is 1. The second-order valence-electron chi connectivity index (χ2n) is 5.18. The lowest BCUT2D eigenvalue weighted by atomic mass is 9.94. The van der Waals surface area contributed by atoms with Crippen LogP contribution in [0.15, 0.2) is 24.3 Å². The molecule has 1 fully saturated rings. The van der Waals surface area contributed by atoms with Gasteiger partial charge in [-0.05, 0) is 30.5 Å². The molecule has 0 saturated heterocycles. The van der Waals surface area contributed by atoms with Gasteiger partial charge in [-0.3, -0.25) is 4.79 Å². The van der Waals surface area contributed by atoms with Crippen molar-refractivity contribution >= 4 is 33.4 Å². The molecule has 1 aromatic rings. The van der Waals surface area contributed by atoms with Gasteiger partial charge in [0.2, 0.25) is 5.91 Å². The largest absolute Gasteiger partial charge is 0.341 e. The molecule has 0 bridgehead atoms. The van der Waals surface area contributed by atoms with Crippen molar-refractivity contribution in [2.75, 3.05) is 7.05 Å². The summed E-state index contributed by atoms with van der Waals surface area (Å²) < 4.78 is 0. The molecule has 4 heteroatoms. The summed E-state index contributed by atoms with van der Waals surface area (Å²) in [6, 6.07) is 7.85. The van der Waals surface area contributed by atoms with Gasteiger partial charge in [-0.1, -0.05) is 52.5 Å². The van der Waals surface area contributed by atoms with Crippen molar-refractivity contribution < 1.29 is 4.79 Å². The Morgan fingerprint density at radius 2 is 2.16 bits per heavy atom. The van der Waals surface area contributed by atoms with Gasteiger partial charge in [0, 0.05) is 22.9 Å². The first-order valence-electron chi connectivity index (χ1n) is 6.72. The lowest BCUT2D eigenvalue weighted by Crippen LogP contribution is -2.44. The predicted octanol–water partition coefficient (Wildman–Crippen LogP) is 4.05. The number of halogens is 2. The van der Waals surface area contributed by atoms with E-state index in [4.69, 9.17) is 11.6 Å². The molecular formula is C15H19BrClNO. The Morgan fingerprint density at radius 1 is 1.42 bits per heavy atom. The van der Waals surface area contributed by atoms with Crippen LogP contribution in [0, 0.1) is 0 Å². The number of likely N-dealkylation sites (N-methyl/N-ethyl adjacent to an activating group) is 1. The summed E-state index contributed by atoms with van der Waals surface area (Å²) in [5, 5.41) is 0.684. The van der Waals surface area contributed by atoms with E-state index in [2.05, 4.69) is 15.9 Å². The van der Waals surface area contributed by atoms with Gasteiger partial charge in [0.15, 0.2) is 0 Å². The van der Waals surface area contributed by atoms with Crippen LogP contribution in [0.3, 0.4) is 0 Å². The minimum Gasteiger partial charge on any atom is -0.341 e. The summed E-state index contributed by atoms with van der Waals surface area (Å²) in [5.41, 5.74) is 0.978. The minimum absolute atomic E-state index is 0.165. The van der Waals surface area contributed by atoms with Crippen LogP contribution in [0.1, 0.15) is 31.2 Å². The van der Waals surface area contributed by atoms with Crippen molar-refractivity contribution in [3.8, 4) is 0 Å². The molecule has 1 aromatic carbocycles. The first-order chi connectivity index (χ1) is 9.08. The van der Waals surface area contributed by atoms with E-state index in [1.54, 1.807) is 0 Å². The van der Waals surface area contributed by atoms with E-state index in [0.29, 0.717) is 22.3 Å². The summed E-state index contributed by atoms with van der Waals surface area (Å²) in [7, 11) is 1.91. The second kappa shape index (κ2) is 6.76. The molecule has 0 N–H and O–H groups in total. The quantitative estimate of drug-likeness (QED) is 0.758. The Morgan fingerprint density at radius 3 is 2.84 bits per heavy atom. The van der Waals surface area contributed by atoms with Gasteiger partial charge in [-0.2, -0.15) is 0 Å². The van der Waals surface area contributed by atoms with E-state index in [1.807, 2.05) is 36.2 Å². The van der Waals surface area contributed by atoms with Gasteiger partial charge in [0.25, 0.3) is 0 Å². The maximum atomic E-state index is 12.3. The summed E-state index contributed by atoms with van der Waals surface area (Å²) in [6.07, 6.45) is 5.13. The zero-order valence-corrected chi connectivity index (χ0v) is 13.5. The fraction of sp³-hybridized carbons (Fsp3) is 0.533. The van der Waals surface area contributed by atoms with Gasteiger partial charge in [-0.25, -0.2) is 0 Å². The third-order valence-corrected chi connectivity index (χ3v) is 5.09. The Hall–Kier alpha value is -0.540. The molecule has 0 spiro atoms. The van der Waals surface area contributed by atoms with E-state index in [0.717, 1.165) is 18.4 Å². The number of benzene rings is 1. The average molecular weight is 345 g/mol. The van der Waals surface area contributed by atoms with Gasteiger partial charge >= 0.3 is 0 Å². The third-order valence-electron chi connectivity index (χ3n) is 3.78. The molecule has 0 aliphatic heterocycles. The normalized spacial score (nSPS) is 23.1. The number of carbonyl (C=O) groups is 1. The highest BCUT2D eigenvalue weighted by Gasteiger charge is 2.28. The molecule has 104 valence electrons. The van der Waals surface area contributed by atoms with Crippen molar-refractivity contribution in [1.29, 1.82) is 0 Å². The molecule has 1 saturated carbocycles. The number of alkyl halides is 1. The average Bonchev–Trinajstić information content (AvgIpc) is 2.38. The zero-order chi connectivity index (χ0) is 13.8. The number of hydrogen-bond donors (Lipinski definition) is 0. The molecule has 1 aliphatic carbocycles. The third kappa shape index (κ3) is 3.96. The predicted molar refractivity (Wildman–Crippen MR) is 82.9 cm³/mol. The first kappa shape index (κ1) is 14.9. The standard InChI is InChI=1S/C15H19BrClNO/c1-18(14-8-3-2-7-13(14)16)15(19)10-11-5-4-6-12(17)9-11/h4-6,9,13-14H,2-3,7-8,10H2,1H3.